The Bertz CT molecular complexity index is 173. The van der Waals surface area contributed by atoms with Gasteiger partial charge in [-0.2, -0.15) is 0 Å². The molecule has 3 nitrogen and oxygen atoms in total. The molecule has 1 N–H and O–H groups in total. The topological polar surface area (TPSA) is 38.7 Å². The molecule has 0 aromatic carbocycles. The highest BCUT2D eigenvalue weighted by atomic mass is 16.5. The summed E-state index contributed by atoms with van der Waals surface area (Å²) in [5.41, 5.74) is -0.0942. The van der Waals surface area contributed by atoms with E-state index in [9.17, 15) is 5.11 Å². The number of aliphatic hydroxyl groups is 1. The third-order valence-corrected chi connectivity index (χ3v) is 3.46. The number of unbranched alkanes of at least 4 members (excludes halogenated alkanes) is 1. The van der Waals surface area contributed by atoms with E-state index < -0.39 is 0 Å². The molecule has 0 aromatic heterocycles. The Morgan fingerprint density at radius 1 is 1.38 bits per heavy atom. The first kappa shape index (κ1) is 13.9. The first-order chi connectivity index (χ1) is 7.76. The minimum atomic E-state index is -0.0942. The van der Waals surface area contributed by atoms with Gasteiger partial charge in [0, 0.05) is 6.61 Å². The van der Waals surface area contributed by atoms with Gasteiger partial charge in [0.1, 0.15) is 0 Å². The Morgan fingerprint density at radius 3 is 2.56 bits per heavy atom. The summed E-state index contributed by atoms with van der Waals surface area (Å²) < 4.78 is 10.9. The van der Waals surface area contributed by atoms with Crippen molar-refractivity contribution in [3.63, 3.8) is 0 Å². The summed E-state index contributed by atoms with van der Waals surface area (Å²) in [6.07, 6.45) is 4.99. The first-order valence-electron chi connectivity index (χ1n) is 6.52. The van der Waals surface area contributed by atoms with Crippen LogP contribution in [-0.4, -0.2) is 38.1 Å². The van der Waals surface area contributed by atoms with E-state index >= 15 is 0 Å². The van der Waals surface area contributed by atoms with Crippen LogP contribution in [0.2, 0.25) is 0 Å². The monoisotopic (exact) mass is 230 g/mol. The molecule has 0 aromatic rings. The van der Waals surface area contributed by atoms with E-state index in [1.165, 1.54) is 25.7 Å². The quantitative estimate of drug-likeness (QED) is 0.660. The SMILES string of the molecule is CCCCC(CC)COCC1(CO)COC1. The molecule has 1 aliphatic rings. The van der Waals surface area contributed by atoms with Crippen molar-refractivity contribution >= 4 is 0 Å². The summed E-state index contributed by atoms with van der Waals surface area (Å²) in [6.45, 7) is 7.39. The van der Waals surface area contributed by atoms with Crippen molar-refractivity contribution in [3.05, 3.63) is 0 Å². The van der Waals surface area contributed by atoms with Crippen LogP contribution in [0.15, 0.2) is 0 Å². The Balaban J connectivity index is 2.12. The zero-order valence-corrected chi connectivity index (χ0v) is 10.7. The van der Waals surface area contributed by atoms with Crippen molar-refractivity contribution in [2.24, 2.45) is 11.3 Å². The molecule has 1 fully saturated rings. The molecular formula is C13H26O3. The number of rotatable bonds is 9. The van der Waals surface area contributed by atoms with Gasteiger partial charge in [0.15, 0.2) is 0 Å². The third kappa shape index (κ3) is 4.04. The summed E-state index contributed by atoms with van der Waals surface area (Å²) in [5.74, 6) is 0.677. The third-order valence-electron chi connectivity index (χ3n) is 3.46. The van der Waals surface area contributed by atoms with E-state index in [4.69, 9.17) is 9.47 Å². The number of aliphatic hydroxyl groups excluding tert-OH is 1. The Labute approximate surface area is 99.1 Å². The molecule has 1 saturated heterocycles. The largest absolute Gasteiger partial charge is 0.396 e. The average Bonchev–Trinajstić information content (AvgIpc) is 2.26. The van der Waals surface area contributed by atoms with Crippen LogP contribution in [0.5, 0.6) is 0 Å². The summed E-state index contributed by atoms with van der Waals surface area (Å²) in [5, 5.41) is 9.24. The van der Waals surface area contributed by atoms with E-state index in [1.807, 2.05) is 0 Å². The molecule has 3 heteroatoms. The van der Waals surface area contributed by atoms with Crippen LogP contribution in [0, 0.1) is 11.3 Å². The van der Waals surface area contributed by atoms with Gasteiger partial charge in [-0.15, -0.1) is 0 Å². The lowest BCUT2D eigenvalue weighted by molar-refractivity contribution is -0.170. The number of ether oxygens (including phenoxy) is 2. The molecule has 0 aliphatic carbocycles. The lowest BCUT2D eigenvalue weighted by Gasteiger charge is -2.39. The second kappa shape index (κ2) is 7.25. The van der Waals surface area contributed by atoms with E-state index in [-0.39, 0.29) is 12.0 Å². The van der Waals surface area contributed by atoms with Gasteiger partial charge >= 0.3 is 0 Å². The van der Waals surface area contributed by atoms with Crippen LogP contribution >= 0.6 is 0 Å². The van der Waals surface area contributed by atoms with Crippen LogP contribution in [0.25, 0.3) is 0 Å². The van der Waals surface area contributed by atoms with Gasteiger partial charge < -0.3 is 14.6 Å². The van der Waals surface area contributed by atoms with Crippen molar-refractivity contribution in [2.45, 2.75) is 39.5 Å². The minimum Gasteiger partial charge on any atom is -0.396 e. The molecule has 96 valence electrons. The van der Waals surface area contributed by atoms with Gasteiger partial charge in [-0.1, -0.05) is 33.1 Å². The maximum absolute atomic E-state index is 9.24. The fourth-order valence-electron chi connectivity index (χ4n) is 1.95. The maximum Gasteiger partial charge on any atom is 0.0635 e. The lowest BCUT2D eigenvalue weighted by atomic mass is 9.88. The van der Waals surface area contributed by atoms with Gasteiger partial charge in [-0.3, -0.25) is 0 Å². The summed E-state index contributed by atoms with van der Waals surface area (Å²) in [7, 11) is 0. The second-order valence-electron chi connectivity index (χ2n) is 5.08. The minimum absolute atomic E-state index is 0.0942. The Hall–Kier alpha value is -0.120. The Morgan fingerprint density at radius 2 is 2.12 bits per heavy atom. The number of hydrogen-bond acceptors (Lipinski definition) is 3. The highest BCUT2D eigenvalue weighted by Crippen LogP contribution is 2.27. The van der Waals surface area contributed by atoms with Gasteiger partial charge in [0.2, 0.25) is 0 Å². The number of hydrogen-bond donors (Lipinski definition) is 1. The fourth-order valence-corrected chi connectivity index (χ4v) is 1.95. The molecule has 1 atom stereocenters. The normalized spacial score (nSPS) is 20.4. The highest BCUT2D eigenvalue weighted by molar-refractivity contribution is 4.84. The molecule has 0 amide bonds. The van der Waals surface area contributed by atoms with Crippen LogP contribution in [0.1, 0.15) is 39.5 Å². The average molecular weight is 230 g/mol. The maximum atomic E-state index is 9.24. The molecule has 16 heavy (non-hydrogen) atoms. The van der Waals surface area contributed by atoms with Crippen LogP contribution in [0.4, 0.5) is 0 Å². The first-order valence-corrected chi connectivity index (χ1v) is 6.52. The zero-order valence-electron chi connectivity index (χ0n) is 10.7. The standard InChI is InChI=1S/C13H26O3/c1-3-5-6-12(4-2)7-15-9-13(8-14)10-16-11-13/h12,14H,3-11H2,1-2H3. The fraction of sp³-hybridized carbons (Fsp3) is 1.00. The van der Waals surface area contributed by atoms with Gasteiger partial charge in [-0.05, 0) is 12.3 Å². The predicted molar refractivity (Wildman–Crippen MR) is 64.5 cm³/mol. The second-order valence-corrected chi connectivity index (χ2v) is 5.08. The molecule has 1 aliphatic heterocycles. The molecule has 0 radical (unpaired) electrons. The molecule has 0 spiro atoms. The van der Waals surface area contributed by atoms with Crippen LogP contribution in [-0.2, 0) is 9.47 Å². The van der Waals surface area contributed by atoms with Crippen molar-refractivity contribution in [2.75, 3.05) is 33.0 Å². The molecule has 1 heterocycles. The van der Waals surface area contributed by atoms with Gasteiger partial charge in [0.05, 0.1) is 31.8 Å². The Kier molecular flexibility index (Phi) is 6.32. The summed E-state index contributed by atoms with van der Waals surface area (Å²) >= 11 is 0. The molecule has 1 unspecified atom stereocenters. The van der Waals surface area contributed by atoms with Crippen LogP contribution < -0.4 is 0 Å². The van der Waals surface area contributed by atoms with Crippen molar-refractivity contribution in [1.82, 2.24) is 0 Å². The lowest BCUT2D eigenvalue weighted by Crippen LogP contribution is -2.49. The molecule has 0 saturated carbocycles. The van der Waals surface area contributed by atoms with Crippen molar-refractivity contribution in [1.29, 1.82) is 0 Å². The van der Waals surface area contributed by atoms with Gasteiger partial charge in [-0.25, -0.2) is 0 Å². The molecule has 1 rings (SSSR count). The highest BCUT2D eigenvalue weighted by Gasteiger charge is 2.38. The smallest absolute Gasteiger partial charge is 0.0635 e. The van der Waals surface area contributed by atoms with E-state index in [1.54, 1.807) is 0 Å². The molecule has 0 bridgehead atoms. The predicted octanol–water partition coefficient (Wildman–Crippen LogP) is 2.23. The van der Waals surface area contributed by atoms with E-state index in [2.05, 4.69) is 13.8 Å². The zero-order chi connectivity index (χ0) is 11.9. The van der Waals surface area contributed by atoms with Crippen molar-refractivity contribution < 1.29 is 14.6 Å². The van der Waals surface area contributed by atoms with Crippen LogP contribution in [0.3, 0.4) is 0 Å². The summed E-state index contributed by atoms with van der Waals surface area (Å²) in [4.78, 5) is 0. The van der Waals surface area contributed by atoms with E-state index in [0.29, 0.717) is 25.7 Å². The van der Waals surface area contributed by atoms with Gasteiger partial charge in [0.25, 0.3) is 0 Å². The molecular weight excluding hydrogens is 204 g/mol. The summed E-state index contributed by atoms with van der Waals surface area (Å²) in [6, 6.07) is 0. The van der Waals surface area contributed by atoms with Crippen molar-refractivity contribution in [3.8, 4) is 0 Å². The van der Waals surface area contributed by atoms with E-state index in [0.717, 1.165) is 6.61 Å².